The molecular formula is C27H34N2O5. The Hall–Kier alpha value is -3.35. The highest BCUT2D eigenvalue weighted by Gasteiger charge is 2.35. The van der Waals surface area contributed by atoms with Crippen LogP contribution in [0.3, 0.4) is 0 Å². The predicted octanol–water partition coefficient (Wildman–Crippen LogP) is 4.70. The van der Waals surface area contributed by atoms with E-state index in [2.05, 4.69) is 34.9 Å². The number of amides is 2. The van der Waals surface area contributed by atoms with Gasteiger partial charge in [0, 0.05) is 18.4 Å². The molecule has 0 saturated heterocycles. The molecule has 2 aromatic carbocycles. The van der Waals surface area contributed by atoms with E-state index >= 15 is 0 Å². The van der Waals surface area contributed by atoms with Crippen LogP contribution >= 0.6 is 0 Å². The molecule has 0 fully saturated rings. The number of nitrogens with one attached hydrogen (secondary N) is 2. The summed E-state index contributed by atoms with van der Waals surface area (Å²) < 4.78 is 5.62. The van der Waals surface area contributed by atoms with Crippen molar-refractivity contribution in [2.24, 2.45) is 5.41 Å². The van der Waals surface area contributed by atoms with Crippen molar-refractivity contribution in [1.29, 1.82) is 0 Å². The van der Waals surface area contributed by atoms with E-state index in [-0.39, 0.29) is 30.9 Å². The standard InChI is InChI=1S/C27H34N2O5/c1-5-17(14-15-23(30)31)28-25(32)24(27(2,3)4)29-26(33)34-16-22-20-12-8-6-10-18(20)19-11-7-9-13-21(19)22/h6-13,17,22,24H,5,14-16H2,1-4H3,(H,28,32)(H,29,33)(H,30,31)/t17?,24-/m0/s1. The van der Waals surface area contributed by atoms with Crippen LogP contribution in [-0.2, 0) is 14.3 Å². The van der Waals surface area contributed by atoms with E-state index in [1.807, 2.05) is 52.0 Å². The lowest BCUT2D eigenvalue weighted by atomic mass is 9.86. The van der Waals surface area contributed by atoms with Crippen molar-refractivity contribution in [3.8, 4) is 11.1 Å². The first kappa shape index (κ1) is 25.3. The van der Waals surface area contributed by atoms with Crippen LogP contribution in [0.4, 0.5) is 4.79 Å². The zero-order valence-electron chi connectivity index (χ0n) is 20.3. The van der Waals surface area contributed by atoms with Gasteiger partial charge in [0.15, 0.2) is 0 Å². The Morgan fingerprint density at radius 3 is 2.03 bits per heavy atom. The second-order valence-corrected chi connectivity index (χ2v) is 9.82. The minimum atomic E-state index is -0.906. The lowest BCUT2D eigenvalue weighted by molar-refractivity contribution is -0.137. The Bertz CT molecular complexity index is 998. The second kappa shape index (κ2) is 10.7. The van der Waals surface area contributed by atoms with Crippen LogP contribution in [0.5, 0.6) is 0 Å². The third kappa shape index (κ3) is 5.95. The number of carboxylic acids is 1. The minimum absolute atomic E-state index is 0.0290. The van der Waals surface area contributed by atoms with Gasteiger partial charge in [-0.1, -0.05) is 76.2 Å². The summed E-state index contributed by atoms with van der Waals surface area (Å²) in [5, 5.41) is 14.6. The molecule has 1 aliphatic carbocycles. The van der Waals surface area contributed by atoms with Gasteiger partial charge < -0.3 is 20.5 Å². The van der Waals surface area contributed by atoms with Gasteiger partial charge in [-0.2, -0.15) is 0 Å². The first-order chi connectivity index (χ1) is 16.1. The fourth-order valence-corrected chi connectivity index (χ4v) is 4.39. The number of rotatable bonds is 9. The Morgan fingerprint density at radius 1 is 0.971 bits per heavy atom. The number of benzene rings is 2. The molecule has 0 spiro atoms. The van der Waals surface area contributed by atoms with E-state index in [0.29, 0.717) is 12.8 Å². The molecule has 3 N–H and O–H groups in total. The summed E-state index contributed by atoms with van der Waals surface area (Å²) in [7, 11) is 0. The van der Waals surface area contributed by atoms with Crippen molar-refractivity contribution in [2.75, 3.05) is 6.61 Å². The van der Waals surface area contributed by atoms with E-state index in [0.717, 1.165) is 22.3 Å². The maximum absolute atomic E-state index is 13.0. The molecule has 0 radical (unpaired) electrons. The average molecular weight is 467 g/mol. The van der Waals surface area contributed by atoms with Gasteiger partial charge in [0.25, 0.3) is 0 Å². The second-order valence-electron chi connectivity index (χ2n) is 9.82. The highest BCUT2D eigenvalue weighted by Crippen LogP contribution is 2.44. The molecule has 0 bridgehead atoms. The van der Waals surface area contributed by atoms with Crippen molar-refractivity contribution in [1.82, 2.24) is 10.6 Å². The van der Waals surface area contributed by atoms with E-state index in [4.69, 9.17) is 9.84 Å². The monoisotopic (exact) mass is 466 g/mol. The van der Waals surface area contributed by atoms with Crippen molar-refractivity contribution in [2.45, 2.75) is 65.0 Å². The van der Waals surface area contributed by atoms with E-state index in [9.17, 15) is 14.4 Å². The average Bonchev–Trinajstić information content (AvgIpc) is 3.11. The fourth-order valence-electron chi connectivity index (χ4n) is 4.39. The van der Waals surface area contributed by atoms with Crippen LogP contribution in [0.1, 0.15) is 64.0 Å². The van der Waals surface area contributed by atoms with Gasteiger partial charge in [-0.3, -0.25) is 9.59 Å². The Kier molecular flexibility index (Phi) is 7.97. The number of fused-ring (bicyclic) bond motifs is 3. The number of carbonyl (C=O) groups is 3. The predicted molar refractivity (Wildman–Crippen MR) is 131 cm³/mol. The minimum Gasteiger partial charge on any atom is -0.481 e. The number of aliphatic carboxylic acids is 1. The molecule has 2 aromatic rings. The van der Waals surface area contributed by atoms with Gasteiger partial charge in [-0.05, 0) is 40.5 Å². The van der Waals surface area contributed by atoms with Crippen molar-refractivity contribution < 1.29 is 24.2 Å². The van der Waals surface area contributed by atoms with Gasteiger partial charge in [-0.15, -0.1) is 0 Å². The van der Waals surface area contributed by atoms with E-state index < -0.39 is 23.5 Å². The lowest BCUT2D eigenvalue weighted by Gasteiger charge is -2.31. The molecule has 2 amide bonds. The van der Waals surface area contributed by atoms with Gasteiger partial charge in [0.1, 0.15) is 12.6 Å². The van der Waals surface area contributed by atoms with Crippen LogP contribution in [0.25, 0.3) is 11.1 Å². The molecular weight excluding hydrogens is 432 g/mol. The molecule has 3 rings (SSSR count). The maximum Gasteiger partial charge on any atom is 0.407 e. The number of hydrogen-bond donors (Lipinski definition) is 3. The summed E-state index contributed by atoms with van der Waals surface area (Å²) in [5.74, 6) is -1.32. The molecule has 182 valence electrons. The summed E-state index contributed by atoms with van der Waals surface area (Å²) in [6.45, 7) is 7.63. The molecule has 7 nitrogen and oxygen atoms in total. The zero-order chi connectivity index (χ0) is 24.9. The smallest absolute Gasteiger partial charge is 0.407 e. The topological polar surface area (TPSA) is 105 Å². The van der Waals surface area contributed by atoms with Crippen LogP contribution < -0.4 is 10.6 Å². The molecule has 34 heavy (non-hydrogen) atoms. The molecule has 1 unspecified atom stereocenters. The molecule has 1 aliphatic rings. The van der Waals surface area contributed by atoms with Gasteiger partial charge >= 0.3 is 12.1 Å². The largest absolute Gasteiger partial charge is 0.481 e. The van der Waals surface area contributed by atoms with Crippen molar-refractivity contribution in [3.05, 3.63) is 59.7 Å². The molecule has 7 heteroatoms. The fraction of sp³-hybridized carbons (Fsp3) is 0.444. The summed E-state index contributed by atoms with van der Waals surface area (Å²) >= 11 is 0. The van der Waals surface area contributed by atoms with E-state index in [1.54, 1.807) is 0 Å². The Morgan fingerprint density at radius 2 is 1.53 bits per heavy atom. The third-order valence-electron chi connectivity index (χ3n) is 6.28. The van der Waals surface area contributed by atoms with Crippen LogP contribution in [0.15, 0.2) is 48.5 Å². The number of ether oxygens (including phenoxy) is 1. The van der Waals surface area contributed by atoms with Gasteiger partial charge in [0.05, 0.1) is 0 Å². The quantitative estimate of drug-likeness (QED) is 0.497. The maximum atomic E-state index is 13.0. The zero-order valence-corrected chi connectivity index (χ0v) is 20.3. The van der Waals surface area contributed by atoms with Crippen molar-refractivity contribution in [3.63, 3.8) is 0 Å². The highest BCUT2D eigenvalue weighted by molar-refractivity contribution is 5.86. The number of carboxylic acid groups (broad SMARTS) is 1. The first-order valence-corrected chi connectivity index (χ1v) is 11.8. The Balaban J connectivity index is 1.66. The van der Waals surface area contributed by atoms with Gasteiger partial charge in [-0.25, -0.2) is 4.79 Å². The molecule has 2 atom stereocenters. The lowest BCUT2D eigenvalue weighted by Crippen LogP contribution is -2.55. The van der Waals surface area contributed by atoms with Crippen LogP contribution in [0, 0.1) is 5.41 Å². The molecule has 0 aromatic heterocycles. The van der Waals surface area contributed by atoms with E-state index in [1.165, 1.54) is 0 Å². The normalized spacial score (nSPS) is 14.5. The first-order valence-electron chi connectivity index (χ1n) is 11.8. The SMILES string of the molecule is CCC(CCC(=O)O)NC(=O)[C@H](NC(=O)OCC1c2ccccc2-c2ccccc21)C(C)(C)C. The number of carbonyl (C=O) groups excluding carboxylic acids is 2. The molecule has 0 aliphatic heterocycles. The van der Waals surface area contributed by atoms with Crippen LogP contribution in [-0.4, -0.2) is 41.8 Å². The van der Waals surface area contributed by atoms with Crippen LogP contribution in [0.2, 0.25) is 0 Å². The van der Waals surface area contributed by atoms with Gasteiger partial charge in [0.2, 0.25) is 5.91 Å². The van der Waals surface area contributed by atoms with Crippen molar-refractivity contribution >= 4 is 18.0 Å². The third-order valence-corrected chi connectivity index (χ3v) is 6.28. The Labute approximate surface area is 200 Å². The summed E-state index contributed by atoms with van der Waals surface area (Å²) in [4.78, 5) is 36.7. The highest BCUT2D eigenvalue weighted by atomic mass is 16.5. The number of alkyl carbamates (subject to hydrolysis) is 1. The summed E-state index contributed by atoms with van der Waals surface area (Å²) in [5.41, 5.74) is 3.95. The molecule has 0 heterocycles. The summed E-state index contributed by atoms with van der Waals surface area (Å²) in [6, 6.07) is 15.1. The molecule has 0 saturated carbocycles. The summed E-state index contributed by atoms with van der Waals surface area (Å²) in [6.07, 6.45) is 0.245. The number of hydrogen-bond acceptors (Lipinski definition) is 4.